The molecule has 1 aliphatic heterocycles. The zero-order valence-electron chi connectivity index (χ0n) is 20.0. The smallest absolute Gasteiger partial charge is 0.365 e. The first kappa shape index (κ1) is 26.1. The molecular formula is C21H19F6N7O3S. The molecule has 0 amide bonds. The van der Waals surface area contributed by atoms with Crippen molar-refractivity contribution in [3.63, 3.8) is 0 Å². The van der Waals surface area contributed by atoms with E-state index in [-0.39, 0.29) is 39.8 Å². The Morgan fingerprint density at radius 1 is 1.11 bits per heavy atom. The third-order valence-electron chi connectivity index (χ3n) is 6.52. The minimum atomic E-state index is -4.68. The van der Waals surface area contributed by atoms with Crippen LogP contribution in [0.2, 0.25) is 0 Å². The van der Waals surface area contributed by atoms with E-state index in [1.165, 1.54) is 35.7 Å². The van der Waals surface area contributed by atoms with Crippen molar-refractivity contribution >= 4 is 32.5 Å². The zero-order chi connectivity index (χ0) is 27.8. The fourth-order valence-electron chi connectivity index (χ4n) is 4.31. The third kappa shape index (κ3) is 3.78. The highest BCUT2D eigenvalue weighted by Crippen LogP contribution is 2.43. The van der Waals surface area contributed by atoms with Crippen molar-refractivity contribution in [2.75, 3.05) is 30.9 Å². The number of ether oxygens (including phenoxy) is 1. The molecule has 5 heterocycles. The largest absolute Gasteiger partial charge is 0.420 e. The number of methoxy groups -OCH3 is 1. The Morgan fingerprint density at radius 2 is 1.79 bits per heavy atom. The lowest BCUT2D eigenvalue weighted by Crippen LogP contribution is -2.70. The standard InChI is InChI=1S/C21H19F6N7O3S/c1-4-38(35,36)18-14(17-30-12-7-11(20(22,23)24)8-29-15(12)32(17)2)16-28-6-5-13(34(16)31-18)33-9-19(10-33,37-3)21(25,26)27/h5-8H,4,9-10H2,1-3H3. The van der Waals surface area contributed by atoms with Gasteiger partial charge in [0.05, 0.1) is 24.4 Å². The summed E-state index contributed by atoms with van der Waals surface area (Å²) < 4.78 is 114. The number of rotatable bonds is 5. The van der Waals surface area contributed by atoms with Crippen molar-refractivity contribution in [3.05, 3.63) is 30.1 Å². The van der Waals surface area contributed by atoms with Crippen LogP contribution in [0.1, 0.15) is 12.5 Å². The van der Waals surface area contributed by atoms with E-state index in [1.54, 1.807) is 0 Å². The highest BCUT2D eigenvalue weighted by Gasteiger charge is 2.63. The second-order valence-corrected chi connectivity index (χ2v) is 10.9. The van der Waals surface area contributed by atoms with E-state index in [2.05, 4.69) is 20.1 Å². The van der Waals surface area contributed by atoms with Crippen LogP contribution >= 0.6 is 0 Å². The predicted octanol–water partition coefficient (Wildman–Crippen LogP) is 3.26. The Hall–Kier alpha value is -3.47. The van der Waals surface area contributed by atoms with Crippen molar-refractivity contribution in [2.45, 2.75) is 29.9 Å². The number of alkyl halides is 6. The van der Waals surface area contributed by atoms with Gasteiger partial charge in [-0.2, -0.15) is 36.0 Å². The average molecular weight is 563 g/mol. The van der Waals surface area contributed by atoms with Gasteiger partial charge in [-0.05, 0) is 12.1 Å². The lowest BCUT2D eigenvalue weighted by Gasteiger charge is -2.50. The molecule has 0 bridgehead atoms. The number of imidazole rings is 1. The van der Waals surface area contributed by atoms with Gasteiger partial charge in [0.2, 0.25) is 0 Å². The van der Waals surface area contributed by atoms with Crippen LogP contribution in [-0.4, -0.2) is 75.3 Å². The molecule has 1 fully saturated rings. The van der Waals surface area contributed by atoms with Gasteiger partial charge in [0.25, 0.3) is 0 Å². The SMILES string of the molecule is CCS(=O)(=O)c1nn2c(N3CC(OC)(C(F)(F)F)C3)ccnc2c1-c1nc2cc(C(F)(F)F)cnc2n1C. The maximum atomic E-state index is 13.5. The number of fused-ring (bicyclic) bond motifs is 2. The Bertz CT molecular complexity index is 1670. The van der Waals surface area contributed by atoms with Crippen LogP contribution in [0.3, 0.4) is 0 Å². The number of aryl methyl sites for hydroxylation is 1. The number of sulfone groups is 1. The molecule has 204 valence electrons. The van der Waals surface area contributed by atoms with Crippen LogP contribution in [0.4, 0.5) is 32.2 Å². The molecule has 4 aromatic heterocycles. The molecule has 1 aliphatic rings. The summed E-state index contributed by atoms with van der Waals surface area (Å²) in [5, 5.41) is 3.72. The van der Waals surface area contributed by atoms with Crippen LogP contribution in [0.5, 0.6) is 0 Å². The maximum absolute atomic E-state index is 13.5. The normalized spacial score (nSPS) is 16.4. The predicted molar refractivity (Wildman–Crippen MR) is 121 cm³/mol. The summed E-state index contributed by atoms with van der Waals surface area (Å²) >= 11 is 0. The van der Waals surface area contributed by atoms with E-state index in [1.807, 2.05) is 0 Å². The molecule has 0 radical (unpaired) electrons. The molecule has 17 heteroatoms. The van der Waals surface area contributed by atoms with E-state index in [0.717, 1.165) is 17.7 Å². The van der Waals surface area contributed by atoms with E-state index in [9.17, 15) is 34.8 Å². The molecule has 0 spiro atoms. The van der Waals surface area contributed by atoms with E-state index in [4.69, 9.17) is 4.74 Å². The van der Waals surface area contributed by atoms with Crippen LogP contribution in [0, 0.1) is 0 Å². The Kier molecular flexibility index (Phi) is 5.69. The number of hydrogen-bond donors (Lipinski definition) is 0. The fraction of sp³-hybridized carbons (Fsp3) is 0.429. The average Bonchev–Trinajstić information content (AvgIpc) is 3.35. The summed E-state index contributed by atoms with van der Waals surface area (Å²) in [6.07, 6.45) is -7.43. The first-order valence-electron chi connectivity index (χ1n) is 11.0. The highest BCUT2D eigenvalue weighted by atomic mass is 32.2. The first-order chi connectivity index (χ1) is 17.6. The van der Waals surface area contributed by atoms with Gasteiger partial charge in [-0.3, -0.25) is 0 Å². The monoisotopic (exact) mass is 563 g/mol. The second kappa shape index (κ2) is 8.26. The molecular weight excluding hydrogens is 544 g/mol. The summed E-state index contributed by atoms with van der Waals surface area (Å²) in [6, 6.07) is 2.15. The minimum Gasteiger partial charge on any atom is -0.365 e. The summed E-state index contributed by atoms with van der Waals surface area (Å²) in [7, 11) is -1.67. The lowest BCUT2D eigenvalue weighted by atomic mass is 9.93. The van der Waals surface area contributed by atoms with Crippen molar-refractivity contribution in [1.82, 2.24) is 29.1 Å². The number of halogens is 6. The lowest BCUT2D eigenvalue weighted by molar-refractivity contribution is -0.277. The van der Waals surface area contributed by atoms with E-state index in [0.29, 0.717) is 6.20 Å². The molecule has 10 nitrogen and oxygen atoms in total. The van der Waals surface area contributed by atoms with Crippen molar-refractivity contribution in [3.8, 4) is 11.4 Å². The zero-order valence-corrected chi connectivity index (χ0v) is 20.8. The Labute approximate surface area is 210 Å². The highest BCUT2D eigenvalue weighted by molar-refractivity contribution is 7.91. The Balaban J connectivity index is 1.72. The van der Waals surface area contributed by atoms with Gasteiger partial charge in [-0.15, -0.1) is 0 Å². The first-order valence-corrected chi connectivity index (χ1v) is 12.7. The van der Waals surface area contributed by atoms with Gasteiger partial charge in [-0.1, -0.05) is 6.92 Å². The minimum absolute atomic E-state index is 0.0427. The van der Waals surface area contributed by atoms with Crippen LogP contribution in [0.25, 0.3) is 28.2 Å². The van der Waals surface area contributed by atoms with Gasteiger partial charge in [0, 0.05) is 26.6 Å². The third-order valence-corrected chi connectivity index (χ3v) is 8.16. The molecule has 4 aromatic rings. The number of anilines is 1. The number of nitrogens with zero attached hydrogens (tertiary/aromatic N) is 7. The molecule has 0 aromatic carbocycles. The fourth-order valence-corrected chi connectivity index (χ4v) is 5.29. The van der Waals surface area contributed by atoms with Crippen LogP contribution in [0.15, 0.2) is 29.6 Å². The van der Waals surface area contributed by atoms with Crippen LogP contribution < -0.4 is 4.90 Å². The van der Waals surface area contributed by atoms with Crippen molar-refractivity contribution in [1.29, 1.82) is 0 Å². The molecule has 0 atom stereocenters. The summed E-state index contributed by atoms with van der Waals surface area (Å²) in [4.78, 5) is 13.6. The maximum Gasteiger partial charge on any atom is 0.420 e. The summed E-state index contributed by atoms with van der Waals surface area (Å²) in [6.45, 7) is 0.219. The quantitative estimate of drug-likeness (QED) is 0.341. The molecule has 0 aliphatic carbocycles. The van der Waals surface area contributed by atoms with Crippen LogP contribution in [-0.2, 0) is 27.8 Å². The van der Waals surface area contributed by atoms with Gasteiger partial charge in [-0.25, -0.2) is 23.4 Å². The van der Waals surface area contributed by atoms with E-state index < -0.39 is 51.5 Å². The van der Waals surface area contributed by atoms with Gasteiger partial charge >= 0.3 is 12.4 Å². The van der Waals surface area contributed by atoms with Gasteiger partial charge in [0.15, 0.2) is 31.8 Å². The number of aromatic nitrogens is 6. The summed E-state index contributed by atoms with van der Waals surface area (Å²) in [5.41, 5.74) is -3.73. The van der Waals surface area contributed by atoms with Gasteiger partial charge in [0.1, 0.15) is 22.7 Å². The topological polar surface area (TPSA) is 108 Å². The molecule has 5 rings (SSSR count). The Morgan fingerprint density at radius 3 is 2.37 bits per heavy atom. The number of pyridine rings is 1. The van der Waals surface area contributed by atoms with Gasteiger partial charge < -0.3 is 14.2 Å². The van der Waals surface area contributed by atoms with Crippen molar-refractivity contribution < 1.29 is 39.5 Å². The summed E-state index contributed by atoms with van der Waals surface area (Å²) in [5.74, 6) is -0.352. The molecule has 1 saturated heterocycles. The molecule has 0 unspecified atom stereocenters. The van der Waals surface area contributed by atoms with Crippen molar-refractivity contribution in [2.24, 2.45) is 7.05 Å². The number of hydrogen-bond acceptors (Lipinski definition) is 8. The van der Waals surface area contributed by atoms with E-state index >= 15 is 0 Å². The second-order valence-electron chi connectivity index (χ2n) is 8.73. The molecule has 0 N–H and O–H groups in total. The molecule has 0 saturated carbocycles. The molecule has 38 heavy (non-hydrogen) atoms.